The molecule has 0 radical (unpaired) electrons. The molecule has 10 heteroatoms. The second-order valence-electron chi connectivity index (χ2n) is 7.02. The number of carbonyl (C=O) groups is 2. The van der Waals surface area contributed by atoms with Gasteiger partial charge in [0.2, 0.25) is 17.0 Å². The first kappa shape index (κ1) is 20.7. The summed E-state index contributed by atoms with van der Waals surface area (Å²) in [6.45, 7) is 5.58. The number of carbonyl (C=O) groups excluding carboxylic acids is 2. The minimum absolute atomic E-state index is 0.0349. The Morgan fingerprint density at radius 1 is 1.26 bits per heavy atom. The second-order valence-corrected chi connectivity index (χ2v) is 7.96. The summed E-state index contributed by atoms with van der Waals surface area (Å²) in [5, 5.41) is 11.1. The van der Waals surface area contributed by atoms with Gasteiger partial charge in [0.15, 0.2) is 5.82 Å². The van der Waals surface area contributed by atoms with E-state index in [-0.39, 0.29) is 35.5 Å². The monoisotopic (exact) mass is 394 g/mol. The third kappa shape index (κ3) is 5.95. The van der Waals surface area contributed by atoms with E-state index in [4.69, 9.17) is 5.84 Å². The lowest BCUT2D eigenvalue weighted by atomic mass is 10.1. The Balaban J connectivity index is 1.93. The summed E-state index contributed by atoms with van der Waals surface area (Å²) in [5.74, 6) is 5.56. The van der Waals surface area contributed by atoms with Crippen LogP contribution in [0.15, 0.2) is 29.4 Å². The molecule has 3 N–H and O–H groups in total. The van der Waals surface area contributed by atoms with Gasteiger partial charge in [-0.15, -0.1) is 10.2 Å². The molecule has 27 heavy (non-hydrogen) atoms. The van der Waals surface area contributed by atoms with Gasteiger partial charge in [0, 0.05) is 18.2 Å². The number of benzene rings is 1. The lowest BCUT2D eigenvalue weighted by Crippen LogP contribution is -2.46. The highest BCUT2D eigenvalue weighted by atomic mass is 32.2. The van der Waals surface area contributed by atoms with E-state index < -0.39 is 0 Å². The summed E-state index contributed by atoms with van der Waals surface area (Å²) in [7, 11) is 1.56. The van der Waals surface area contributed by atoms with E-state index in [1.807, 2.05) is 20.8 Å². The summed E-state index contributed by atoms with van der Waals surface area (Å²) in [5.41, 5.74) is 0.253. The molecule has 0 saturated carbocycles. The van der Waals surface area contributed by atoms with Gasteiger partial charge in [-0.2, -0.15) is 0 Å². The van der Waals surface area contributed by atoms with Gasteiger partial charge < -0.3 is 16.1 Å². The average Bonchev–Trinajstić information content (AvgIpc) is 2.92. The normalized spacial score (nSPS) is 11.3. The highest BCUT2D eigenvalue weighted by molar-refractivity contribution is 7.99. The minimum Gasteiger partial charge on any atom is -0.350 e. The molecule has 146 valence electrons. The van der Waals surface area contributed by atoms with Crippen molar-refractivity contribution in [2.75, 3.05) is 25.2 Å². The zero-order chi connectivity index (χ0) is 20.2. The van der Waals surface area contributed by atoms with E-state index in [0.29, 0.717) is 16.5 Å². The molecular formula is C17H23FN6O2S. The predicted octanol–water partition coefficient (Wildman–Crippen LogP) is 1.26. The van der Waals surface area contributed by atoms with E-state index in [0.717, 1.165) is 11.8 Å². The van der Waals surface area contributed by atoms with Crippen LogP contribution in [0.25, 0.3) is 11.4 Å². The summed E-state index contributed by atoms with van der Waals surface area (Å²) in [4.78, 5) is 25.5. The standard InChI is InChI=1S/C17H23FN6O2S/c1-17(2,3)20-13(25)9-23(4)14(26)10-27-16-22-21-15(24(16)19)11-5-7-12(18)8-6-11/h5-8H,9-10,19H2,1-4H3,(H,20,25). The van der Waals surface area contributed by atoms with Crippen molar-refractivity contribution in [2.45, 2.75) is 31.5 Å². The van der Waals surface area contributed by atoms with Gasteiger partial charge in [-0.25, -0.2) is 9.07 Å². The molecule has 2 rings (SSSR count). The summed E-state index contributed by atoms with van der Waals surface area (Å²) < 4.78 is 14.3. The van der Waals surface area contributed by atoms with Gasteiger partial charge in [-0.3, -0.25) is 9.59 Å². The van der Waals surface area contributed by atoms with Gasteiger partial charge in [0.25, 0.3) is 0 Å². The van der Waals surface area contributed by atoms with Crippen LogP contribution in [0.5, 0.6) is 0 Å². The fourth-order valence-electron chi connectivity index (χ4n) is 2.17. The number of rotatable bonds is 6. The molecule has 0 aliphatic heterocycles. The first-order valence-electron chi connectivity index (χ1n) is 8.21. The highest BCUT2D eigenvalue weighted by Gasteiger charge is 2.19. The van der Waals surface area contributed by atoms with Gasteiger partial charge in [0.1, 0.15) is 5.82 Å². The third-order valence-electron chi connectivity index (χ3n) is 3.41. The van der Waals surface area contributed by atoms with Crippen LogP contribution in [-0.2, 0) is 9.59 Å². The molecule has 8 nitrogen and oxygen atoms in total. The van der Waals surface area contributed by atoms with Crippen LogP contribution in [0.2, 0.25) is 0 Å². The topological polar surface area (TPSA) is 106 Å². The molecular weight excluding hydrogens is 371 g/mol. The third-order valence-corrected chi connectivity index (χ3v) is 4.34. The van der Waals surface area contributed by atoms with Crippen molar-refractivity contribution in [3.05, 3.63) is 30.1 Å². The molecule has 0 spiro atoms. The number of likely N-dealkylation sites (N-methyl/N-ethyl adjacent to an activating group) is 1. The Kier molecular flexibility index (Phi) is 6.42. The van der Waals surface area contributed by atoms with Gasteiger partial charge >= 0.3 is 0 Å². The van der Waals surface area contributed by atoms with Crippen molar-refractivity contribution in [3.8, 4) is 11.4 Å². The Labute approximate surface area is 161 Å². The minimum atomic E-state index is -0.361. The number of nitrogens with one attached hydrogen (secondary N) is 1. The van der Waals surface area contributed by atoms with Gasteiger partial charge in [0.05, 0.1) is 12.3 Å². The predicted molar refractivity (Wildman–Crippen MR) is 102 cm³/mol. The van der Waals surface area contributed by atoms with Crippen LogP contribution >= 0.6 is 11.8 Å². The van der Waals surface area contributed by atoms with E-state index in [2.05, 4.69) is 15.5 Å². The molecule has 1 aromatic carbocycles. The van der Waals surface area contributed by atoms with Crippen LogP contribution in [0.1, 0.15) is 20.8 Å². The van der Waals surface area contributed by atoms with E-state index in [9.17, 15) is 14.0 Å². The second kappa shape index (κ2) is 8.38. The maximum atomic E-state index is 13.0. The molecule has 2 aromatic rings. The molecule has 0 aliphatic rings. The number of thioether (sulfide) groups is 1. The molecule has 0 atom stereocenters. The first-order chi connectivity index (χ1) is 12.6. The zero-order valence-electron chi connectivity index (χ0n) is 15.7. The largest absolute Gasteiger partial charge is 0.350 e. The van der Waals surface area contributed by atoms with E-state index in [1.54, 1.807) is 19.2 Å². The van der Waals surface area contributed by atoms with Crippen molar-refractivity contribution in [2.24, 2.45) is 0 Å². The molecule has 0 bridgehead atoms. The molecule has 2 amide bonds. The van der Waals surface area contributed by atoms with Crippen LogP contribution in [0, 0.1) is 5.82 Å². The number of halogens is 1. The molecule has 0 fully saturated rings. The number of amides is 2. The quantitative estimate of drug-likeness (QED) is 0.564. The Hall–Kier alpha value is -2.62. The summed E-state index contributed by atoms with van der Waals surface area (Å²) in [6.07, 6.45) is 0. The van der Waals surface area contributed by atoms with Crippen molar-refractivity contribution < 1.29 is 14.0 Å². The summed E-state index contributed by atoms with van der Waals surface area (Å²) >= 11 is 1.11. The SMILES string of the molecule is CN(CC(=O)NC(C)(C)C)C(=O)CSc1nnc(-c2ccc(F)cc2)n1N. The average molecular weight is 394 g/mol. The van der Waals surface area contributed by atoms with Crippen molar-refractivity contribution in [3.63, 3.8) is 0 Å². The smallest absolute Gasteiger partial charge is 0.240 e. The highest BCUT2D eigenvalue weighted by Crippen LogP contribution is 2.21. The molecule has 1 aromatic heterocycles. The number of aromatic nitrogens is 3. The van der Waals surface area contributed by atoms with E-state index >= 15 is 0 Å². The Morgan fingerprint density at radius 2 is 1.89 bits per heavy atom. The maximum absolute atomic E-state index is 13.0. The Morgan fingerprint density at radius 3 is 2.48 bits per heavy atom. The molecule has 0 aliphatic carbocycles. The van der Waals surface area contributed by atoms with Gasteiger partial charge in [-0.1, -0.05) is 11.8 Å². The van der Waals surface area contributed by atoms with Crippen LogP contribution in [0.4, 0.5) is 4.39 Å². The summed E-state index contributed by atoms with van der Waals surface area (Å²) in [6, 6.07) is 5.70. The van der Waals surface area contributed by atoms with Crippen molar-refractivity contribution in [1.82, 2.24) is 25.1 Å². The van der Waals surface area contributed by atoms with Crippen LogP contribution in [-0.4, -0.2) is 56.5 Å². The van der Waals surface area contributed by atoms with Crippen molar-refractivity contribution in [1.29, 1.82) is 0 Å². The number of hydrogen-bond acceptors (Lipinski definition) is 6. The first-order valence-corrected chi connectivity index (χ1v) is 9.19. The fraction of sp³-hybridized carbons (Fsp3) is 0.412. The van der Waals surface area contributed by atoms with Crippen LogP contribution in [0.3, 0.4) is 0 Å². The van der Waals surface area contributed by atoms with E-state index in [1.165, 1.54) is 21.7 Å². The van der Waals surface area contributed by atoms with Crippen LogP contribution < -0.4 is 11.2 Å². The Bertz CT molecular complexity index is 816. The zero-order valence-corrected chi connectivity index (χ0v) is 16.5. The molecule has 0 unspecified atom stereocenters. The molecule has 0 saturated heterocycles. The number of nitrogens with zero attached hydrogens (tertiary/aromatic N) is 4. The maximum Gasteiger partial charge on any atom is 0.240 e. The number of nitrogen functional groups attached to an aromatic ring is 1. The number of nitrogens with two attached hydrogens (primary N) is 1. The fourth-order valence-corrected chi connectivity index (χ4v) is 2.97. The number of hydrogen-bond donors (Lipinski definition) is 2. The lowest BCUT2D eigenvalue weighted by Gasteiger charge is -2.23. The lowest BCUT2D eigenvalue weighted by molar-refractivity contribution is -0.133. The van der Waals surface area contributed by atoms with Gasteiger partial charge in [-0.05, 0) is 45.0 Å². The van der Waals surface area contributed by atoms with Crippen molar-refractivity contribution >= 4 is 23.6 Å². The molecule has 1 heterocycles.